The van der Waals surface area contributed by atoms with E-state index in [2.05, 4.69) is 45.0 Å². The minimum atomic E-state index is -0.241. The van der Waals surface area contributed by atoms with E-state index in [1.807, 2.05) is 48.5 Å². The summed E-state index contributed by atoms with van der Waals surface area (Å²) in [5, 5.41) is 8.11. The van der Waals surface area contributed by atoms with Crippen molar-refractivity contribution in [3.05, 3.63) is 99.6 Å². The maximum absolute atomic E-state index is 12.1. The van der Waals surface area contributed by atoms with Crippen LogP contribution in [0.3, 0.4) is 0 Å². The Morgan fingerprint density at radius 1 is 1.12 bits per heavy atom. The number of benzene rings is 2. The number of amides is 1. The van der Waals surface area contributed by atoms with Gasteiger partial charge in [-0.25, -0.2) is 0 Å². The highest BCUT2D eigenvalue weighted by atomic mass is 35.5. The van der Waals surface area contributed by atoms with Gasteiger partial charge in [0.05, 0.1) is 41.3 Å². The molecular formula is C30H29Cl2N5O2S. The van der Waals surface area contributed by atoms with Crippen LogP contribution < -0.4 is 20.3 Å². The molecule has 2 N–H and O–H groups in total. The number of thiocarbonyl (C=S) groups is 1. The van der Waals surface area contributed by atoms with Crippen LogP contribution in [-0.2, 0) is 4.79 Å². The van der Waals surface area contributed by atoms with Gasteiger partial charge in [0.1, 0.15) is 5.75 Å². The van der Waals surface area contributed by atoms with E-state index in [0.29, 0.717) is 33.0 Å². The molecule has 206 valence electrons. The number of anilines is 2. The smallest absolute Gasteiger partial charge is 0.224 e. The Kier molecular flexibility index (Phi) is 8.03. The van der Waals surface area contributed by atoms with Crippen molar-refractivity contribution in [2.45, 2.75) is 39.3 Å². The molecule has 1 saturated heterocycles. The lowest BCUT2D eigenvalue weighted by Crippen LogP contribution is -2.29. The number of nitrogens with one attached hydrogen (secondary N) is 2. The molecule has 0 aliphatic carbocycles. The van der Waals surface area contributed by atoms with Crippen LogP contribution in [0.1, 0.15) is 48.1 Å². The van der Waals surface area contributed by atoms with Crippen molar-refractivity contribution in [2.75, 3.05) is 17.3 Å². The molecule has 2 aromatic carbocycles. The fourth-order valence-corrected chi connectivity index (χ4v) is 6.08. The first-order chi connectivity index (χ1) is 19.2. The summed E-state index contributed by atoms with van der Waals surface area (Å²) in [6, 6.07) is 18.7. The van der Waals surface area contributed by atoms with Gasteiger partial charge in [-0.2, -0.15) is 0 Å². The highest BCUT2D eigenvalue weighted by Gasteiger charge is 2.42. The summed E-state index contributed by atoms with van der Waals surface area (Å²) in [6.07, 6.45) is 2.15. The zero-order chi connectivity index (χ0) is 28.6. The van der Waals surface area contributed by atoms with E-state index in [4.69, 9.17) is 40.2 Å². The largest absolute Gasteiger partial charge is 0.494 e. The van der Waals surface area contributed by atoms with Gasteiger partial charge in [0.15, 0.2) is 5.11 Å². The lowest BCUT2D eigenvalue weighted by Gasteiger charge is -2.29. The number of nitrogens with zero attached hydrogens (tertiary/aromatic N) is 3. The highest BCUT2D eigenvalue weighted by molar-refractivity contribution is 7.80. The summed E-state index contributed by atoms with van der Waals surface area (Å²) >= 11 is 18.8. The SMILES string of the molecule is CCC(=O)Nc1ccc(N2C(=S)NC(c3ccccn3)C2c2cc(C)n(-c3ccc(Cl)cc3Cl)c2C)cc1OC. The number of aromatic nitrogens is 2. The lowest BCUT2D eigenvalue weighted by atomic mass is 9.96. The number of carbonyl (C=O) groups excluding carboxylic acids is 1. The maximum Gasteiger partial charge on any atom is 0.224 e. The van der Waals surface area contributed by atoms with Gasteiger partial charge in [-0.1, -0.05) is 36.2 Å². The number of ether oxygens (including phenoxy) is 1. The van der Waals surface area contributed by atoms with Gasteiger partial charge in [-0.15, -0.1) is 0 Å². The van der Waals surface area contributed by atoms with E-state index in [0.717, 1.165) is 34.0 Å². The lowest BCUT2D eigenvalue weighted by molar-refractivity contribution is -0.115. The van der Waals surface area contributed by atoms with Gasteiger partial charge in [0.25, 0.3) is 0 Å². The van der Waals surface area contributed by atoms with Gasteiger partial charge in [0.2, 0.25) is 5.91 Å². The van der Waals surface area contributed by atoms with E-state index >= 15 is 0 Å². The zero-order valence-corrected chi connectivity index (χ0v) is 24.9. The molecule has 0 spiro atoms. The van der Waals surface area contributed by atoms with Crippen molar-refractivity contribution in [3.8, 4) is 11.4 Å². The minimum absolute atomic E-state index is 0.0918. The van der Waals surface area contributed by atoms with Crippen molar-refractivity contribution in [3.63, 3.8) is 0 Å². The number of aryl methyl sites for hydroxylation is 1. The van der Waals surface area contributed by atoms with Crippen LogP contribution in [0.15, 0.2) is 66.9 Å². The molecule has 0 bridgehead atoms. The number of methoxy groups -OCH3 is 1. The van der Waals surface area contributed by atoms with E-state index in [1.54, 1.807) is 26.3 Å². The van der Waals surface area contributed by atoms with Crippen LogP contribution in [-0.4, -0.2) is 27.7 Å². The summed E-state index contributed by atoms with van der Waals surface area (Å²) in [4.78, 5) is 18.8. The van der Waals surface area contributed by atoms with E-state index in [9.17, 15) is 4.79 Å². The van der Waals surface area contributed by atoms with E-state index < -0.39 is 0 Å². The number of hydrogen-bond donors (Lipinski definition) is 2. The molecule has 0 saturated carbocycles. The fraction of sp³-hybridized carbons (Fsp3) is 0.233. The van der Waals surface area contributed by atoms with Crippen LogP contribution in [0.4, 0.5) is 11.4 Å². The van der Waals surface area contributed by atoms with Gasteiger partial charge in [-0.3, -0.25) is 9.78 Å². The van der Waals surface area contributed by atoms with Gasteiger partial charge >= 0.3 is 0 Å². The topological polar surface area (TPSA) is 71.4 Å². The number of carbonyl (C=O) groups is 1. The molecule has 1 aliphatic rings. The van der Waals surface area contributed by atoms with Crippen LogP contribution >= 0.6 is 35.4 Å². The summed E-state index contributed by atoms with van der Waals surface area (Å²) in [5.41, 5.74) is 6.23. The molecule has 10 heteroatoms. The van der Waals surface area contributed by atoms with Crippen LogP contribution in [0.5, 0.6) is 5.75 Å². The fourth-order valence-electron chi connectivity index (χ4n) is 5.24. The van der Waals surface area contributed by atoms with Crippen molar-refractivity contribution in [2.24, 2.45) is 0 Å². The number of halogens is 2. The maximum atomic E-state index is 12.1. The Bertz CT molecular complexity index is 1590. The molecular weight excluding hydrogens is 565 g/mol. The monoisotopic (exact) mass is 593 g/mol. The van der Waals surface area contributed by atoms with Crippen LogP contribution in [0.2, 0.25) is 10.0 Å². The quantitative estimate of drug-likeness (QED) is 0.219. The predicted octanol–water partition coefficient (Wildman–Crippen LogP) is 7.33. The highest BCUT2D eigenvalue weighted by Crippen LogP contribution is 2.45. The third kappa shape index (κ3) is 5.14. The van der Waals surface area contributed by atoms with Crippen molar-refractivity contribution in [1.29, 1.82) is 0 Å². The van der Waals surface area contributed by atoms with Crippen LogP contribution in [0, 0.1) is 13.8 Å². The van der Waals surface area contributed by atoms with Gasteiger partial charge in [-0.05, 0) is 80.2 Å². The number of rotatable bonds is 7. The molecule has 4 aromatic rings. The second kappa shape index (κ2) is 11.5. The summed E-state index contributed by atoms with van der Waals surface area (Å²) in [7, 11) is 1.58. The average Bonchev–Trinajstić information content (AvgIpc) is 3.44. The van der Waals surface area contributed by atoms with Gasteiger partial charge < -0.3 is 24.8 Å². The Morgan fingerprint density at radius 3 is 2.60 bits per heavy atom. The van der Waals surface area contributed by atoms with Crippen LogP contribution in [0.25, 0.3) is 5.69 Å². The third-order valence-corrected chi connectivity index (χ3v) is 7.95. The second-order valence-electron chi connectivity index (χ2n) is 9.54. The van der Waals surface area contributed by atoms with Crippen molar-refractivity contribution >= 4 is 57.8 Å². The molecule has 2 atom stereocenters. The number of hydrogen-bond acceptors (Lipinski definition) is 4. The Hall–Kier alpha value is -3.59. The molecule has 0 radical (unpaired) electrons. The molecule has 40 heavy (non-hydrogen) atoms. The zero-order valence-electron chi connectivity index (χ0n) is 22.5. The Balaban J connectivity index is 1.66. The van der Waals surface area contributed by atoms with E-state index in [-0.39, 0.29) is 18.0 Å². The molecule has 3 heterocycles. The minimum Gasteiger partial charge on any atom is -0.494 e. The summed E-state index contributed by atoms with van der Waals surface area (Å²) in [6.45, 7) is 5.93. The molecule has 2 aromatic heterocycles. The molecule has 1 amide bonds. The molecule has 7 nitrogen and oxygen atoms in total. The number of pyridine rings is 1. The summed E-state index contributed by atoms with van der Waals surface area (Å²) < 4.78 is 7.79. The first kappa shape index (κ1) is 28.0. The molecule has 1 aliphatic heterocycles. The Labute approximate surface area is 249 Å². The first-order valence-electron chi connectivity index (χ1n) is 12.9. The van der Waals surface area contributed by atoms with Crippen molar-refractivity contribution < 1.29 is 9.53 Å². The summed E-state index contributed by atoms with van der Waals surface area (Å²) in [5.74, 6) is 0.450. The van der Waals surface area contributed by atoms with Gasteiger partial charge in [0, 0.05) is 40.8 Å². The third-order valence-electron chi connectivity index (χ3n) is 7.10. The normalized spacial score (nSPS) is 16.6. The van der Waals surface area contributed by atoms with Crippen molar-refractivity contribution in [1.82, 2.24) is 14.9 Å². The Morgan fingerprint density at radius 2 is 1.93 bits per heavy atom. The van der Waals surface area contributed by atoms with E-state index in [1.165, 1.54) is 0 Å². The standard InChI is InChI=1S/C30H29Cl2N5O2S/c1-5-27(38)34-23-11-10-20(16-26(23)39-4)37-29(28(35-30(37)40)24-8-6-7-13-33-24)21-14-17(2)36(18(21)3)25-12-9-19(31)15-22(25)32/h6-16,28-29H,5H2,1-4H3,(H,34,38)(H,35,40). The first-order valence-corrected chi connectivity index (χ1v) is 14.0. The predicted molar refractivity (Wildman–Crippen MR) is 165 cm³/mol. The molecule has 2 unspecified atom stereocenters. The second-order valence-corrected chi connectivity index (χ2v) is 10.8. The molecule has 5 rings (SSSR count). The molecule has 1 fully saturated rings. The average molecular weight is 595 g/mol.